The Balaban J connectivity index is 0.000000145. The first-order chi connectivity index (χ1) is 49.5. The van der Waals surface area contributed by atoms with E-state index in [4.69, 9.17) is 38.7 Å². The van der Waals surface area contributed by atoms with Gasteiger partial charge in [-0.15, -0.1) is 0 Å². The average Bonchev–Trinajstić information content (AvgIpc) is 1.58. The number of fused-ring (bicyclic) bond motifs is 8. The van der Waals surface area contributed by atoms with Gasteiger partial charge >= 0.3 is 0 Å². The first-order valence-electron chi connectivity index (χ1n) is 33.5. The monoisotopic (exact) mass is 1280 g/mol. The number of nitrogens with zero attached hydrogens (tertiary/aromatic N) is 6. The summed E-state index contributed by atoms with van der Waals surface area (Å²) in [7, 11) is 0. The minimum Gasteiger partial charge on any atom is -0.456 e. The molecule has 0 unspecified atom stereocenters. The summed E-state index contributed by atoms with van der Waals surface area (Å²) in [6.45, 7) is 0. The highest BCUT2D eigenvalue weighted by molar-refractivity contribution is 6.17. The van der Waals surface area contributed by atoms with Gasteiger partial charge in [0.05, 0.1) is 0 Å². The highest BCUT2D eigenvalue weighted by Gasteiger charge is 2.20. The minimum absolute atomic E-state index is 0.616. The van der Waals surface area contributed by atoms with Crippen LogP contribution in [0.2, 0.25) is 0 Å². The van der Waals surface area contributed by atoms with Gasteiger partial charge in [-0.1, -0.05) is 291 Å². The van der Waals surface area contributed by atoms with Crippen molar-refractivity contribution in [3.63, 3.8) is 0 Å². The van der Waals surface area contributed by atoms with Gasteiger partial charge in [-0.05, 0) is 138 Å². The zero-order chi connectivity index (χ0) is 66.3. The molecule has 0 radical (unpaired) electrons. The van der Waals surface area contributed by atoms with Crippen molar-refractivity contribution in [1.82, 2.24) is 29.9 Å². The molecule has 15 aromatic carbocycles. The van der Waals surface area contributed by atoms with E-state index in [2.05, 4.69) is 261 Å². The molecule has 0 spiro atoms. The van der Waals surface area contributed by atoms with Gasteiger partial charge in [-0.25, -0.2) is 29.9 Å². The van der Waals surface area contributed by atoms with E-state index in [0.29, 0.717) is 34.9 Å². The first kappa shape index (κ1) is 59.0. The molecule has 468 valence electrons. The smallest absolute Gasteiger partial charge is 0.164 e. The van der Waals surface area contributed by atoms with Crippen LogP contribution in [0.5, 0.6) is 0 Å². The van der Waals surface area contributed by atoms with Crippen LogP contribution < -0.4 is 0 Å². The fraction of sp³-hybridized carbons (Fsp3) is 0. The molecule has 0 fully saturated rings. The summed E-state index contributed by atoms with van der Waals surface area (Å²) in [6, 6.07) is 122. The predicted octanol–water partition coefficient (Wildman–Crippen LogP) is 24.2. The topological polar surface area (TPSA) is 104 Å². The SMILES string of the molecule is c1ccc(-c2cc(-c3ccccc3)cc(-c3nc(-c4ccccc4)nc(-c4ccc(-c5cccc6oc7cc8ccccc8cc7c56)cc4)n3)c2)cc1.c1ccc(-c2cccc(-c3nc(-c4ccccc4)nc(-c4ccc(-c5cccc6oc7cc8ccccc8cc7c56)cc4)n3)c2)cc1. The minimum atomic E-state index is 0.616. The van der Waals surface area contributed by atoms with Crippen molar-refractivity contribution in [2.45, 2.75) is 0 Å². The molecule has 0 amide bonds. The molecular weight excluding hydrogens is 1220 g/mol. The molecule has 0 bridgehead atoms. The molecule has 0 aliphatic rings. The quantitative estimate of drug-likeness (QED) is 0.126. The summed E-state index contributed by atoms with van der Waals surface area (Å²) in [5.74, 6) is 3.77. The third-order valence-corrected chi connectivity index (χ3v) is 18.6. The van der Waals surface area contributed by atoms with Crippen LogP contribution >= 0.6 is 0 Å². The van der Waals surface area contributed by atoms with Crippen LogP contribution in [0.25, 0.3) is 189 Å². The fourth-order valence-electron chi connectivity index (χ4n) is 13.6. The standard InChI is InChI=1S/C49H31N3O.C43H27N3O/c1-4-13-32(14-5-1)39-27-40(33-15-6-2-7-16-33)29-41(28-39)49-51-47(35-17-8-3-9-18-35)50-48(52-49)36-25-23-34(24-26-36)42-21-12-22-44-46(42)43-30-37-19-10-11-20-38(37)31-45(43)53-44;1-3-11-28(12-4-1)32-17-9-18-35(25-32)43-45-41(30-13-5-2-6-14-30)44-42(46-43)31-23-21-29(22-24-31)36-19-10-20-38-40(36)37-26-33-15-7-8-16-34(33)27-39(37)47-38/h1-31H;1-27H. The van der Waals surface area contributed by atoms with Crippen LogP contribution in [-0.4, -0.2) is 29.9 Å². The van der Waals surface area contributed by atoms with Crippen LogP contribution in [-0.2, 0) is 0 Å². The Kier molecular flexibility index (Phi) is 15.1. The van der Waals surface area contributed by atoms with E-state index in [-0.39, 0.29) is 0 Å². The summed E-state index contributed by atoms with van der Waals surface area (Å²) >= 11 is 0. The van der Waals surface area contributed by atoms with Crippen molar-refractivity contribution in [2.24, 2.45) is 0 Å². The van der Waals surface area contributed by atoms with Crippen molar-refractivity contribution in [3.8, 4) is 124 Å². The largest absolute Gasteiger partial charge is 0.456 e. The molecule has 8 nitrogen and oxygen atoms in total. The Hall–Kier alpha value is -13.6. The van der Waals surface area contributed by atoms with Gasteiger partial charge in [0.25, 0.3) is 0 Å². The number of rotatable bonds is 11. The van der Waals surface area contributed by atoms with E-state index in [0.717, 1.165) is 133 Å². The average molecular weight is 1280 g/mol. The van der Waals surface area contributed by atoms with Crippen LogP contribution in [0.1, 0.15) is 0 Å². The number of benzene rings is 15. The molecule has 0 saturated carbocycles. The Morgan fingerprint density at radius 1 is 0.160 bits per heavy atom. The number of furan rings is 2. The lowest BCUT2D eigenvalue weighted by molar-refractivity contribution is 0.669. The molecule has 0 aliphatic heterocycles. The lowest BCUT2D eigenvalue weighted by Gasteiger charge is -2.13. The Morgan fingerprint density at radius 2 is 0.430 bits per heavy atom. The maximum absolute atomic E-state index is 6.37. The van der Waals surface area contributed by atoms with E-state index in [1.807, 2.05) is 91.0 Å². The molecule has 4 heterocycles. The Morgan fingerprint density at radius 3 is 0.830 bits per heavy atom. The van der Waals surface area contributed by atoms with Gasteiger partial charge in [-0.2, -0.15) is 0 Å². The van der Waals surface area contributed by atoms with Crippen molar-refractivity contribution in [2.75, 3.05) is 0 Å². The molecular formula is C92H58N6O2. The van der Waals surface area contributed by atoms with E-state index in [1.165, 1.54) is 21.5 Å². The third-order valence-electron chi connectivity index (χ3n) is 18.6. The number of hydrogen-bond acceptors (Lipinski definition) is 8. The molecule has 19 rings (SSSR count). The van der Waals surface area contributed by atoms with Gasteiger partial charge in [0.1, 0.15) is 22.3 Å². The van der Waals surface area contributed by atoms with Gasteiger partial charge in [0.2, 0.25) is 0 Å². The van der Waals surface area contributed by atoms with Gasteiger partial charge in [0, 0.05) is 54.9 Å². The van der Waals surface area contributed by atoms with Crippen molar-refractivity contribution in [1.29, 1.82) is 0 Å². The molecule has 100 heavy (non-hydrogen) atoms. The van der Waals surface area contributed by atoms with Crippen molar-refractivity contribution in [3.05, 3.63) is 352 Å². The fourth-order valence-corrected chi connectivity index (χ4v) is 13.6. The van der Waals surface area contributed by atoms with Crippen LogP contribution in [0, 0.1) is 0 Å². The lowest BCUT2D eigenvalue weighted by Crippen LogP contribution is -2.00. The summed E-state index contributed by atoms with van der Waals surface area (Å²) in [4.78, 5) is 30.2. The zero-order valence-electron chi connectivity index (χ0n) is 54.0. The molecule has 19 aromatic rings. The second-order valence-corrected chi connectivity index (χ2v) is 24.9. The van der Waals surface area contributed by atoms with Crippen LogP contribution in [0.4, 0.5) is 0 Å². The van der Waals surface area contributed by atoms with Crippen molar-refractivity contribution < 1.29 is 8.83 Å². The number of hydrogen-bond donors (Lipinski definition) is 0. The molecule has 0 saturated heterocycles. The number of aromatic nitrogens is 6. The molecule has 0 N–H and O–H groups in total. The summed E-state index contributed by atoms with van der Waals surface area (Å²) in [5, 5.41) is 9.18. The zero-order valence-corrected chi connectivity index (χ0v) is 54.0. The molecule has 8 heteroatoms. The predicted molar refractivity (Wildman–Crippen MR) is 409 cm³/mol. The molecule has 0 atom stereocenters. The summed E-state index contributed by atoms with van der Waals surface area (Å²) in [5.41, 5.74) is 20.3. The Bertz CT molecular complexity index is 6180. The second-order valence-electron chi connectivity index (χ2n) is 24.9. The normalized spacial score (nSPS) is 11.4. The maximum atomic E-state index is 6.37. The second kappa shape index (κ2) is 25.5. The first-order valence-corrected chi connectivity index (χ1v) is 33.5. The molecule has 0 aliphatic carbocycles. The summed E-state index contributed by atoms with van der Waals surface area (Å²) in [6.07, 6.45) is 0. The summed E-state index contributed by atoms with van der Waals surface area (Å²) < 4.78 is 12.7. The Labute approximate surface area is 576 Å². The van der Waals surface area contributed by atoms with E-state index in [9.17, 15) is 0 Å². The van der Waals surface area contributed by atoms with Crippen LogP contribution in [0.15, 0.2) is 361 Å². The van der Waals surface area contributed by atoms with E-state index in [1.54, 1.807) is 0 Å². The lowest BCUT2D eigenvalue weighted by atomic mass is 9.95. The van der Waals surface area contributed by atoms with Gasteiger partial charge < -0.3 is 8.83 Å². The van der Waals surface area contributed by atoms with E-state index < -0.39 is 0 Å². The highest BCUT2D eigenvalue weighted by Crippen LogP contribution is 2.42. The van der Waals surface area contributed by atoms with Gasteiger partial charge in [0.15, 0.2) is 34.9 Å². The maximum Gasteiger partial charge on any atom is 0.164 e. The van der Waals surface area contributed by atoms with Crippen LogP contribution in [0.3, 0.4) is 0 Å². The van der Waals surface area contributed by atoms with Crippen molar-refractivity contribution >= 4 is 65.4 Å². The van der Waals surface area contributed by atoms with E-state index >= 15 is 0 Å². The third kappa shape index (κ3) is 11.5. The highest BCUT2D eigenvalue weighted by atomic mass is 16.3. The molecule has 4 aromatic heterocycles. The van der Waals surface area contributed by atoms with Gasteiger partial charge in [-0.3, -0.25) is 0 Å².